The van der Waals surface area contributed by atoms with Crippen LogP contribution in [0, 0.1) is 35.0 Å². The highest BCUT2D eigenvalue weighted by atomic mass is 16.7. The summed E-state index contributed by atoms with van der Waals surface area (Å²) in [7, 11) is 1.65. The zero-order chi connectivity index (χ0) is 26.0. The first kappa shape index (κ1) is 27.4. The fraction of sp³-hybridized carbons (Fsp3) is 0.759. The Morgan fingerprint density at radius 1 is 1.25 bits per heavy atom. The zero-order valence-electron chi connectivity index (χ0n) is 23.0. The molecule has 36 heavy (non-hydrogen) atoms. The summed E-state index contributed by atoms with van der Waals surface area (Å²) >= 11 is 0. The number of ether oxygens (including phenoxy) is 1. The van der Waals surface area contributed by atoms with Gasteiger partial charge in [-0.2, -0.15) is 5.06 Å². The molecule has 202 valence electrons. The van der Waals surface area contributed by atoms with E-state index in [4.69, 9.17) is 9.57 Å². The Bertz CT molecular complexity index is 887. The molecular formula is C29H47N3O4. The van der Waals surface area contributed by atoms with Crippen LogP contribution in [0.3, 0.4) is 0 Å². The molecule has 4 rings (SSSR count). The van der Waals surface area contributed by atoms with E-state index in [-0.39, 0.29) is 17.9 Å². The van der Waals surface area contributed by atoms with Gasteiger partial charge < -0.3 is 20.5 Å². The van der Waals surface area contributed by atoms with Gasteiger partial charge in [0.15, 0.2) is 0 Å². The monoisotopic (exact) mass is 501 g/mol. The van der Waals surface area contributed by atoms with Crippen LogP contribution in [0.1, 0.15) is 59.4 Å². The molecule has 7 atom stereocenters. The van der Waals surface area contributed by atoms with Gasteiger partial charge in [-0.05, 0) is 67.9 Å². The van der Waals surface area contributed by atoms with Crippen molar-refractivity contribution in [3.05, 3.63) is 29.8 Å². The van der Waals surface area contributed by atoms with Crippen molar-refractivity contribution in [2.45, 2.75) is 78.7 Å². The third-order valence-corrected chi connectivity index (χ3v) is 9.31. The topological polar surface area (TPSA) is 83.1 Å². The number of hydrogen-bond acceptors (Lipinski definition) is 6. The predicted molar refractivity (Wildman–Crippen MR) is 141 cm³/mol. The summed E-state index contributed by atoms with van der Waals surface area (Å²) in [5.74, 6) is 2.82. The molecule has 0 spiro atoms. The fourth-order valence-electron chi connectivity index (χ4n) is 6.31. The van der Waals surface area contributed by atoms with Crippen molar-refractivity contribution < 1.29 is 19.5 Å². The third-order valence-electron chi connectivity index (χ3n) is 9.31. The SMILES string of the molecule is COc1ccccc1CN1O[C@@H](CNCC2CC2)[C@@H]([C@H](C)O)[C@H]1C(=O)NC[C@@H](C)[C@@H]1C[C@H](C)C1(C)C. The zero-order valence-corrected chi connectivity index (χ0v) is 23.0. The Morgan fingerprint density at radius 2 is 1.97 bits per heavy atom. The van der Waals surface area contributed by atoms with Crippen molar-refractivity contribution in [3.63, 3.8) is 0 Å². The molecule has 1 aromatic carbocycles. The maximum absolute atomic E-state index is 13.7. The first-order valence-corrected chi connectivity index (χ1v) is 13.8. The van der Waals surface area contributed by atoms with Crippen LogP contribution in [0.2, 0.25) is 0 Å². The molecule has 3 aliphatic rings. The summed E-state index contributed by atoms with van der Waals surface area (Å²) in [6.07, 6.45) is 2.80. The van der Waals surface area contributed by atoms with Crippen LogP contribution in [-0.2, 0) is 16.2 Å². The van der Waals surface area contributed by atoms with Gasteiger partial charge >= 0.3 is 0 Å². The lowest BCUT2D eigenvalue weighted by Crippen LogP contribution is -2.52. The molecule has 2 saturated carbocycles. The second-order valence-electron chi connectivity index (χ2n) is 12.2. The van der Waals surface area contributed by atoms with Gasteiger partial charge in [0.1, 0.15) is 11.8 Å². The molecule has 0 radical (unpaired) electrons. The van der Waals surface area contributed by atoms with Gasteiger partial charge in [-0.15, -0.1) is 0 Å². The number of aliphatic hydroxyl groups is 1. The van der Waals surface area contributed by atoms with Gasteiger partial charge in [0.25, 0.3) is 0 Å². The highest BCUT2D eigenvalue weighted by Crippen LogP contribution is 2.54. The van der Waals surface area contributed by atoms with E-state index in [1.807, 2.05) is 24.3 Å². The van der Waals surface area contributed by atoms with Gasteiger partial charge in [-0.1, -0.05) is 45.9 Å². The van der Waals surface area contributed by atoms with E-state index in [9.17, 15) is 9.90 Å². The maximum atomic E-state index is 13.7. The summed E-state index contributed by atoms with van der Waals surface area (Å²) in [4.78, 5) is 20.1. The van der Waals surface area contributed by atoms with E-state index in [0.717, 1.165) is 23.8 Å². The quantitative estimate of drug-likeness (QED) is 0.406. The molecule has 0 bridgehead atoms. The number of aliphatic hydroxyl groups excluding tert-OH is 1. The summed E-state index contributed by atoms with van der Waals surface area (Å²) < 4.78 is 5.56. The van der Waals surface area contributed by atoms with E-state index in [0.29, 0.717) is 42.8 Å². The average Bonchev–Trinajstić information content (AvgIpc) is 3.60. The Kier molecular flexibility index (Phi) is 8.65. The number of amides is 1. The first-order valence-electron chi connectivity index (χ1n) is 13.8. The summed E-state index contributed by atoms with van der Waals surface area (Å²) in [6.45, 7) is 13.6. The number of carbonyl (C=O) groups excluding carboxylic acids is 1. The lowest BCUT2D eigenvalue weighted by molar-refractivity contribution is -0.175. The summed E-state index contributed by atoms with van der Waals surface area (Å²) in [5.41, 5.74) is 1.25. The number of methoxy groups -OCH3 is 1. The Morgan fingerprint density at radius 3 is 2.58 bits per heavy atom. The van der Waals surface area contributed by atoms with Crippen LogP contribution in [0.5, 0.6) is 5.75 Å². The third kappa shape index (κ3) is 5.90. The number of nitrogens with zero attached hydrogens (tertiary/aromatic N) is 1. The van der Waals surface area contributed by atoms with Crippen molar-refractivity contribution in [2.24, 2.45) is 35.0 Å². The fourth-order valence-corrected chi connectivity index (χ4v) is 6.31. The minimum atomic E-state index is -0.681. The minimum absolute atomic E-state index is 0.0717. The molecule has 7 nitrogen and oxygen atoms in total. The molecule has 1 aromatic rings. The average molecular weight is 502 g/mol. The summed E-state index contributed by atoms with van der Waals surface area (Å²) in [6, 6.07) is 7.24. The first-order chi connectivity index (χ1) is 17.1. The molecule has 1 amide bonds. The molecule has 3 fully saturated rings. The van der Waals surface area contributed by atoms with E-state index in [1.54, 1.807) is 19.1 Å². The number of para-hydroxylation sites is 1. The number of hydroxylamine groups is 2. The normalized spacial score (nSPS) is 31.5. The van der Waals surface area contributed by atoms with E-state index in [1.165, 1.54) is 19.3 Å². The molecule has 1 aliphatic heterocycles. The Labute approximate surface area is 217 Å². The maximum Gasteiger partial charge on any atom is 0.240 e. The number of nitrogens with one attached hydrogen (secondary N) is 2. The summed E-state index contributed by atoms with van der Waals surface area (Å²) in [5, 5.41) is 19.3. The van der Waals surface area contributed by atoms with Crippen molar-refractivity contribution in [3.8, 4) is 5.75 Å². The van der Waals surface area contributed by atoms with Crippen LogP contribution < -0.4 is 15.4 Å². The van der Waals surface area contributed by atoms with Crippen LogP contribution >= 0.6 is 0 Å². The standard InChI is InChI=1S/C29H47N3O4/c1-18(23-13-19(2)29(23,4)5)14-31-28(34)27-26(20(3)33)25(16-30-15-21-11-12-21)36-32(27)17-22-9-7-8-10-24(22)35-6/h7-10,18-21,23,25-27,30,33H,11-17H2,1-6H3,(H,31,34)/t18-,19+,20+,23+,25+,26-,27+/m1/s1. The lowest BCUT2D eigenvalue weighted by atomic mass is 9.52. The van der Waals surface area contributed by atoms with Crippen molar-refractivity contribution in [2.75, 3.05) is 26.7 Å². The van der Waals surface area contributed by atoms with Crippen molar-refractivity contribution in [1.82, 2.24) is 15.7 Å². The molecule has 2 aliphatic carbocycles. The van der Waals surface area contributed by atoms with Crippen molar-refractivity contribution >= 4 is 5.91 Å². The van der Waals surface area contributed by atoms with Crippen LogP contribution in [0.15, 0.2) is 24.3 Å². The number of rotatable bonds is 12. The second kappa shape index (κ2) is 11.4. The van der Waals surface area contributed by atoms with Gasteiger partial charge in [0, 0.05) is 24.6 Å². The van der Waals surface area contributed by atoms with Crippen LogP contribution in [-0.4, -0.2) is 61.1 Å². The van der Waals surface area contributed by atoms with Crippen molar-refractivity contribution in [1.29, 1.82) is 0 Å². The van der Waals surface area contributed by atoms with Gasteiger partial charge in [0.2, 0.25) is 5.91 Å². The molecule has 1 saturated heterocycles. The smallest absolute Gasteiger partial charge is 0.240 e. The highest BCUT2D eigenvalue weighted by Gasteiger charge is 2.50. The van der Waals surface area contributed by atoms with Gasteiger partial charge in [-0.25, -0.2) is 0 Å². The Balaban J connectivity index is 1.48. The number of hydrogen-bond donors (Lipinski definition) is 3. The lowest BCUT2D eigenvalue weighted by Gasteiger charge is -2.53. The molecule has 1 heterocycles. The Hall–Kier alpha value is -1.67. The largest absolute Gasteiger partial charge is 0.496 e. The molecule has 7 heteroatoms. The highest BCUT2D eigenvalue weighted by molar-refractivity contribution is 5.82. The van der Waals surface area contributed by atoms with E-state index >= 15 is 0 Å². The molecular weight excluding hydrogens is 454 g/mol. The molecule has 0 unspecified atom stereocenters. The minimum Gasteiger partial charge on any atom is -0.496 e. The van der Waals surface area contributed by atoms with E-state index in [2.05, 4.69) is 38.3 Å². The van der Waals surface area contributed by atoms with Gasteiger partial charge in [-0.3, -0.25) is 9.63 Å². The second-order valence-corrected chi connectivity index (χ2v) is 12.2. The van der Waals surface area contributed by atoms with Crippen LogP contribution in [0.4, 0.5) is 0 Å². The molecule has 3 N–H and O–H groups in total. The number of carbonyl (C=O) groups is 1. The number of benzene rings is 1. The van der Waals surface area contributed by atoms with E-state index < -0.39 is 12.1 Å². The van der Waals surface area contributed by atoms with Crippen LogP contribution in [0.25, 0.3) is 0 Å². The van der Waals surface area contributed by atoms with Gasteiger partial charge in [0.05, 0.1) is 25.9 Å². The predicted octanol–water partition coefficient (Wildman–Crippen LogP) is 3.61. The molecule has 0 aromatic heterocycles.